The van der Waals surface area contributed by atoms with Crippen molar-refractivity contribution < 1.29 is 4.42 Å². The Morgan fingerprint density at radius 3 is 2.74 bits per heavy atom. The molecule has 1 N–H and O–H groups in total. The van der Waals surface area contributed by atoms with Crippen LogP contribution in [-0.4, -0.2) is 24.5 Å². The maximum Gasteiger partial charge on any atom is 0.118 e. The molecule has 1 saturated carbocycles. The molecule has 1 fully saturated rings. The van der Waals surface area contributed by atoms with Crippen LogP contribution in [0.3, 0.4) is 0 Å². The second kappa shape index (κ2) is 6.58. The van der Waals surface area contributed by atoms with E-state index >= 15 is 0 Å². The van der Waals surface area contributed by atoms with Gasteiger partial charge in [0.15, 0.2) is 0 Å². The van der Waals surface area contributed by atoms with E-state index < -0.39 is 0 Å². The van der Waals surface area contributed by atoms with Gasteiger partial charge in [-0.1, -0.05) is 20.3 Å². The lowest BCUT2D eigenvalue weighted by Gasteiger charge is -2.34. The molecule has 1 aromatic rings. The van der Waals surface area contributed by atoms with Crippen LogP contribution < -0.4 is 5.32 Å². The number of aryl methyl sites for hydroxylation is 1. The highest BCUT2D eigenvalue weighted by Crippen LogP contribution is 2.26. The molecule has 19 heavy (non-hydrogen) atoms. The minimum Gasteiger partial charge on any atom is -0.465 e. The molecule has 0 bridgehead atoms. The number of hydrogen-bond acceptors (Lipinski definition) is 3. The van der Waals surface area contributed by atoms with Crippen molar-refractivity contribution in [3.8, 4) is 0 Å². The van der Waals surface area contributed by atoms with Crippen molar-refractivity contribution in [1.29, 1.82) is 0 Å². The summed E-state index contributed by atoms with van der Waals surface area (Å²) in [5.74, 6) is 2.82. The van der Waals surface area contributed by atoms with Gasteiger partial charge in [-0.25, -0.2) is 0 Å². The third-order valence-electron chi connectivity index (χ3n) is 4.04. The highest BCUT2D eigenvalue weighted by Gasteiger charge is 2.22. The van der Waals surface area contributed by atoms with Crippen LogP contribution in [0.25, 0.3) is 0 Å². The third kappa shape index (κ3) is 4.08. The van der Waals surface area contributed by atoms with Gasteiger partial charge in [-0.3, -0.25) is 4.90 Å². The van der Waals surface area contributed by atoms with E-state index in [4.69, 9.17) is 4.42 Å². The lowest BCUT2D eigenvalue weighted by Crippen LogP contribution is -2.36. The summed E-state index contributed by atoms with van der Waals surface area (Å²) >= 11 is 0. The molecule has 1 aliphatic carbocycles. The van der Waals surface area contributed by atoms with Crippen LogP contribution in [0.4, 0.5) is 0 Å². The molecule has 0 unspecified atom stereocenters. The average molecular weight is 264 g/mol. The first kappa shape index (κ1) is 14.6. The van der Waals surface area contributed by atoms with Crippen LogP contribution in [0, 0.1) is 12.8 Å². The molecule has 0 saturated heterocycles. The molecular formula is C16H28N2O. The summed E-state index contributed by atoms with van der Waals surface area (Å²) < 4.78 is 5.84. The summed E-state index contributed by atoms with van der Waals surface area (Å²) in [6, 6.07) is 3.01. The van der Waals surface area contributed by atoms with Gasteiger partial charge in [0.2, 0.25) is 0 Å². The maximum atomic E-state index is 5.84. The first-order valence-electron chi connectivity index (χ1n) is 7.55. The molecule has 108 valence electrons. The summed E-state index contributed by atoms with van der Waals surface area (Å²) in [5.41, 5.74) is 1.34. The number of furan rings is 1. The molecule has 3 heteroatoms. The third-order valence-corrected chi connectivity index (χ3v) is 4.04. The van der Waals surface area contributed by atoms with Gasteiger partial charge in [0.05, 0.1) is 6.54 Å². The van der Waals surface area contributed by atoms with Crippen LogP contribution in [0.2, 0.25) is 0 Å². The lowest BCUT2D eigenvalue weighted by atomic mass is 9.91. The molecule has 0 amide bonds. The van der Waals surface area contributed by atoms with Gasteiger partial charge >= 0.3 is 0 Å². The van der Waals surface area contributed by atoms with Gasteiger partial charge in [-0.05, 0) is 45.3 Å². The Hall–Kier alpha value is -0.800. The largest absolute Gasteiger partial charge is 0.465 e. The monoisotopic (exact) mass is 264 g/mol. The fourth-order valence-corrected chi connectivity index (χ4v) is 2.54. The van der Waals surface area contributed by atoms with E-state index in [2.05, 4.69) is 44.1 Å². The summed E-state index contributed by atoms with van der Waals surface area (Å²) in [5, 5.41) is 3.43. The zero-order valence-corrected chi connectivity index (χ0v) is 12.8. The van der Waals surface area contributed by atoms with Crippen molar-refractivity contribution in [2.24, 2.45) is 5.92 Å². The van der Waals surface area contributed by atoms with Gasteiger partial charge in [-0.15, -0.1) is 0 Å². The molecular weight excluding hydrogens is 236 g/mol. The van der Waals surface area contributed by atoms with E-state index in [1.54, 1.807) is 0 Å². The summed E-state index contributed by atoms with van der Waals surface area (Å²) in [6.45, 7) is 9.42. The minimum absolute atomic E-state index is 0.681. The molecule has 0 aliphatic heterocycles. The zero-order chi connectivity index (χ0) is 13.8. The predicted molar refractivity (Wildman–Crippen MR) is 79.1 cm³/mol. The van der Waals surface area contributed by atoms with Crippen LogP contribution >= 0.6 is 0 Å². The van der Waals surface area contributed by atoms with E-state index in [0.717, 1.165) is 37.2 Å². The fourth-order valence-electron chi connectivity index (χ4n) is 2.54. The summed E-state index contributed by atoms with van der Waals surface area (Å²) in [6.07, 6.45) is 4.11. The van der Waals surface area contributed by atoms with E-state index in [9.17, 15) is 0 Å². The molecule has 0 spiro atoms. The van der Waals surface area contributed by atoms with Gasteiger partial charge in [-0.2, -0.15) is 0 Å². The number of hydrogen-bond donors (Lipinski definition) is 1. The van der Waals surface area contributed by atoms with E-state index in [0.29, 0.717) is 5.92 Å². The minimum atomic E-state index is 0.681. The van der Waals surface area contributed by atoms with Crippen molar-refractivity contribution >= 4 is 0 Å². The topological polar surface area (TPSA) is 28.4 Å². The lowest BCUT2D eigenvalue weighted by molar-refractivity contribution is 0.152. The zero-order valence-electron chi connectivity index (χ0n) is 12.8. The van der Waals surface area contributed by atoms with Crippen LogP contribution in [0.5, 0.6) is 0 Å². The molecule has 1 aromatic heterocycles. The number of nitrogens with zero attached hydrogens (tertiary/aromatic N) is 1. The molecule has 0 radical (unpaired) electrons. The van der Waals surface area contributed by atoms with Crippen LogP contribution in [0.15, 0.2) is 10.5 Å². The summed E-state index contributed by atoms with van der Waals surface area (Å²) in [7, 11) is 2.23. The SMILES string of the molecule is Cc1oc(CNCC(C)C)cc1CN(C)C1CCC1. The van der Waals surface area contributed by atoms with Crippen molar-refractivity contribution in [3.63, 3.8) is 0 Å². The van der Waals surface area contributed by atoms with Crippen LogP contribution in [0.1, 0.15) is 50.2 Å². The molecule has 0 atom stereocenters. The van der Waals surface area contributed by atoms with Gasteiger partial charge in [0, 0.05) is 18.2 Å². The highest BCUT2D eigenvalue weighted by atomic mass is 16.3. The van der Waals surface area contributed by atoms with Gasteiger partial charge in [0.1, 0.15) is 11.5 Å². The first-order valence-corrected chi connectivity index (χ1v) is 7.55. The molecule has 2 rings (SSSR count). The van der Waals surface area contributed by atoms with Crippen molar-refractivity contribution in [2.75, 3.05) is 13.6 Å². The van der Waals surface area contributed by atoms with Crippen molar-refractivity contribution in [3.05, 3.63) is 23.2 Å². The second-order valence-corrected chi connectivity index (χ2v) is 6.32. The van der Waals surface area contributed by atoms with E-state index in [1.165, 1.54) is 24.8 Å². The summed E-state index contributed by atoms with van der Waals surface area (Å²) in [4.78, 5) is 2.46. The molecule has 0 aromatic carbocycles. The Labute approximate surface area is 117 Å². The standard InChI is InChI=1S/C16H28N2O/c1-12(2)9-17-10-16-8-14(13(3)19-16)11-18(4)15-6-5-7-15/h8,12,15,17H,5-7,9-11H2,1-4H3. The second-order valence-electron chi connectivity index (χ2n) is 6.32. The predicted octanol–water partition coefficient (Wildman–Crippen LogP) is 3.32. The Bertz CT molecular complexity index is 393. The molecule has 3 nitrogen and oxygen atoms in total. The van der Waals surface area contributed by atoms with Crippen molar-refractivity contribution in [1.82, 2.24) is 10.2 Å². The Balaban J connectivity index is 1.85. The van der Waals surface area contributed by atoms with E-state index in [1.807, 2.05) is 0 Å². The fraction of sp³-hybridized carbons (Fsp3) is 0.750. The number of rotatable bonds is 7. The smallest absolute Gasteiger partial charge is 0.118 e. The quantitative estimate of drug-likeness (QED) is 0.819. The molecule has 1 heterocycles. The van der Waals surface area contributed by atoms with Crippen molar-refractivity contribution in [2.45, 2.75) is 59.2 Å². The number of nitrogens with one attached hydrogen (secondary N) is 1. The Morgan fingerprint density at radius 1 is 1.42 bits per heavy atom. The maximum absolute atomic E-state index is 5.84. The van der Waals surface area contributed by atoms with Crippen LogP contribution in [-0.2, 0) is 13.1 Å². The molecule has 1 aliphatic rings. The van der Waals surface area contributed by atoms with Gasteiger partial charge < -0.3 is 9.73 Å². The highest BCUT2D eigenvalue weighted by molar-refractivity contribution is 5.21. The van der Waals surface area contributed by atoms with Gasteiger partial charge in [0.25, 0.3) is 0 Å². The Kier molecular flexibility index (Phi) is 5.06. The Morgan fingerprint density at radius 2 is 2.16 bits per heavy atom. The first-order chi connectivity index (χ1) is 9.06. The average Bonchev–Trinajstić information content (AvgIpc) is 2.56. The normalized spacial score (nSPS) is 16.3. The van der Waals surface area contributed by atoms with E-state index in [-0.39, 0.29) is 0 Å².